The molecule has 1 saturated heterocycles. The molecule has 0 saturated carbocycles. The fraction of sp³-hybridized carbons (Fsp3) is 0.667. The van der Waals surface area contributed by atoms with Crippen molar-refractivity contribution < 1.29 is 10.2 Å². The Morgan fingerprint density at radius 2 is 1.78 bits per heavy atom. The Morgan fingerprint density at radius 3 is 2.28 bits per heavy atom. The first-order valence-electron chi connectivity index (χ1n) is 6.06. The molecule has 2 heterocycles. The maximum absolute atomic E-state index is 9.34. The largest absolute Gasteiger partial charge is 0.363 e. The Kier molecular flexibility index (Phi) is 3.79. The van der Waals surface area contributed by atoms with Gasteiger partial charge in [0.15, 0.2) is 6.29 Å². The summed E-state index contributed by atoms with van der Waals surface area (Å²) < 4.78 is 0. The molecule has 1 aromatic rings. The van der Waals surface area contributed by atoms with Gasteiger partial charge in [-0.2, -0.15) is 0 Å². The first-order chi connectivity index (χ1) is 8.38. The fourth-order valence-corrected chi connectivity index (χ4v) is 2.76. The van der Waals surface area contributed by atoms with Crippen molar-refractivity contribution in [2.24, 2.45) is 0 Å². The molecule has 5 nitrogen and oxygen atoms in total. The Balaban J connectivity index is 2.42. The van der Waals surface area contributed by atoms with E-state index in [9.17, 15) is 10.2 Å². The van der Waals surface area contributed by atoms with Crippen LogP contribution in [0, 0.1) is 0 Å². The van der Waals surface area contributed by atoms with Crippen LogP contribution in [0.25, 0.3) is 0 Å². The van der Waals surface area contributed by atoms with Crippen molar-refractivity contribution in [2.75, 3.05) is 36.8 Å². The zero-order chi connectivity index (χ0) is 13.3. The molecular formula is C12H21N3O2S. The lowest BCUT2D eigenvalue weighted by atomic mass is 10.4. The average molecular weight is 271 g/mol. The molecule has 0 spiro atoms. The van der Waals surface area contributed by atoms with Crippen LogP contribution in [0.5, 0.6) is 0 Å². The van der Waals surface area contributed by atoms with E-state index in [0.717, 1.165) is 31.0 Å². The Labute approximate surface area is 109 Å². The summed E-state index contributed by atoms with van der Waals surface area (Å²) in [5, 5.41) is 19.6. The molecule has 1 fully saturated rings. The number of aliphatic hydroxyl groups excluding tert-OH is 1. The van der Waals surface area contributed by atoms with E-state index < -0.39 is 16.3 Å². The predicted octanol–water partition coefficient (Wildman–Crippen LogP) is 1.11. The van der Waals surface area contributed by atoms with Gasteiger partial charge in [-0.25, -0.2) is 20.0 Å². The van der Waals surface area contributed by atoms with Gasteiger partial charge in [0.05, 0.1) is 5.03 Å². The first kappa shape index (κ1) is 13.6. The predicted molar refractivity (Wildman–Crippen MR) is 74.3 cm³/mol. The number of aliphatic hydroxyl groups is 2. The van der Waals surface area contributed by atoms with Gasteiger partial charge in [-0.05, 0) is 37.7 Å². The van der Waals surface area contributed by atoms with E-state index >= 15 is 0 Å². The molecule has 0 radical (unpaired) electrons. The van der Waals surface area contributed by atoms with Crippen molar-refractivity contribution in [3.63, 3.8) is 0 Å². The fourth-order valence-electron chi connectivity index (χ4n) is 1.93. The van der Waals surface area contributed by atoms with E-state index in [2.05, 4.69) is 33.6 Å². The molecule has 1 aliphatic rings. The monoisotopic (exact) mass is 271 g/mol. The lowest BCUT2D eigenvalue weighted by molar-refractivity contribution is -0.0460. The van der Waals surface area contributed by atoms with Crippen molar-refractivity contribution in [2.45, 2.75) is 24.2 Å². The van der Waals surface area contributed by atoms with Crippen LogP contribution in [0.2, 0.25) is 0 Å². The van der Waals surface area contributed by atoms with E-state index in [4.69, 9.17) is 0 Å². The van der Waals surface area contributed by atoms with E-state index in [1.54, 1.807) is 6.07 Å². The molecule has 102 valence electrons. The van der Waals surface area contributed by atoms with Gasteiger partial charge in [-0.1, -0.05) is 0 Å². The Morgan fingerprint density at radius 1 is 1.17 bits per heavy atom. The molecule has 0 unspecified atom stereocenters. The summed E-state index contributed by atoms with van der Waals surface area (Å²) in [5.74, 6) is 0.635. The van der Waals surface area contributed by atoms with Gasteiger partial charge >= 0.3 is 0 Å². The molecule has 2 N–H and O–H groups in total. The number of hydrogen-bond acceptors (Lipinski definition) is 5. The van der Waals surface area contributed by atoms with Gasteiger partial charge in [-0.15, -0.1) is 0 Å². The summed E-state index contributed by atoms with van der Waals surface area (Å²) in [4.78, 5) is 11.0. The quantitative estimate of drug-likeness (QED) is 0.637. The minimum atomic E-state index is -1.53. The molecule has 0 bridgehead atoms. The summed E-state index contributed by atoms with van der Waals surface area (Å²) >= 11 is 0. The summed E-state index contributed by atoms with van der Waals surface area (Å²) in [6.45, 7) is 1.90. The molecule has 1 aromatic heterocycles. The molecule has 0 aliphatic carbocycles. The minimum absolute atomic E-state index is 0.296. The highest BCUT2D eigenvalue weighted by Crippen LogP contribution is 2.44. The van der Waals surface area contributed by atoms with Gasteiger partial charge in [0, 0.05) is 13.1 Å². The van der Waals surface area contributed by atoms with Crippen molar-refractivity contribution in [3.8, 4) is 0 Å². The maximum Gasteiger partial charge on any atom is 0.226 e. The van der Waals surface area contributed by atoms with Gasteiger partial charge in [0.1, 0.15) is 5.69 Å². The molecule has 2 rings (SSSR count). The van der Waals surface area contributed by atoms with E-state index in [1.165, 1.54) is 0 Å². The molecule has 18 heavy (non-hydrogen) atoms. The number of nitrogens with zero attached hydrogens (tertiary/aromatic N) is 3. The average Bonchev–Trinajstić information content (AvgIpc) is 2.80. The second-order valence-corrected chi connectivity index (χ2v) is 9.43. The van der Waals surface area contributed by atoms with Crippen LogP contribution in [0.4, 0.5) is 5.95 Å². The third-order valence-electron chi connectivity index (χ3n) is 2.99. The topological polar surface area (TPSA) is 69.5 Å². The normalized spacial score (nSPS) is 17.6. The third kappa shape index (κ3) is 2.93. The molecule has 6 heteroatoms. The number of hydrogen-bond donors (Lipinski definition) is 2. The highest BCUT2D eigenvalue weighted by Gasteiger charge is 2.21. The van der Waals surface area contributed by atoms with Crippen molar-refractivity contribution in [1.82, 2.24) is 9.97 Å². The van der Waals surface area contributed by atoms with Crippen molar-refractivity contribution in [3.05, 3.63) is 11.8 Å². The van der Waals surface area contributed by atoms with Crippen LogP contribution in [0.3, 0.4) is 0 Å². The molecular weight excluding hydrogens is 250 g/mol. The van der Waals surface area contributed by atoms with Crippen LogP contribution in [0.15, 0.2) is 11.1 Å². The maximum atomic E-state index is 9.34. The zero-order valence-corrected chi connectivity index (χ0v) is 11.9. The third-order valence-corrected chi connectivity index (χ3v) is 4.46. The van der Waals surface area contributed by atoms with Crippen LogP contribution in [-0.4, -0.2) is 52.0 Å². The molecule has 0 amide bonds. The van der Waals surface area contributed by atoms with Crippen molar-refractivity contribution in [1.29, 1.82) is 0 Å². The lowest BCUT2D eigenvalue weighted by Crippen LogP contribution is -2.22. The van der Waals surface area contributed by atoms with Crippen LogP contribution in [-0.2, 0) is 0 Å². The van der Waals surface area contributed by atoms with Crippen molar-refractivity contribution >= 4 is 16.0 Å². The smallest absolute Gasteiger partial charge is 0.226 e. The molecule has 1 aliphatic heterocycles. The SMILES string of the molecule is CS(C)(C)c1cc(C(O)O)nc(N2CCCC2)n1. The summed E-state index contributed by atoms with van der Waals surface area (Å²) in [5.41, 5.74) is 0.296. The highest BCUT2D eigenvalue weighted by atomic mass is 32.3. The summed E-state index contributed by atoms with van der Waals surface area (Å²) in [6.07, 6.45) is 7.17. The number of rotatable bonds is 3. The standard InChI is InChI=1S/C12H21N3O2S/c1-18(2,3)10-8-9(11(16)17)13-12(14-10)15-6-4-5-7-15/h8,11,16-17H,4-7H2,1-3H3. The molecule has 0 aromatic carbocycles. The zero-order valence-electron chi connectivity index (χ0n) is 11.1. The molecule has 0 atom stereocenters. The van der Waals surface area contributed by atoms with Gasteiger partial charge < -0.3 is 15.1 Å². The van der Waals surface area contributed by atoms with Crippen LogP contribution in [0.1, 0.15) is 24.8 Å². The van der Waals surface area contributed by atoms with Gasteiger partial charge in [-0.3, -0.25) is 0 Å². The Hall–Kier alpha value is -0.850. The van der Waals surface area contributed by atoms with Gasteiger partial charge in [0.25, 0.3) is 0 Å². The second-order valence-electron chi connectivity index (χ2n) is 5.34. The second kappa shape index (κ2) is 5.03. The summed E-state index contributed by atoms with van der Waals surface area (Å²) in [6, 6.07) is 1.71. The van der Waals surface area contributed by atoms with Gasteiger partial charge in [0.2, 0.25) is 5.95 Å². The van der Waals surface area contributed by atoms with E-state index in [1.807, 2.05) is 0 Å². The first-order valence-corrected chi connectivity index (χ1v) is 8.92. The Bertz CT molecular complexity index is 426. The van der Waals surface area contributed by atoms with Crippen LogP contribution < -0.4 is 4.90 Å². The van der Waals surface area contributed by atoms with Crippen LogP contribution >= 0.6 is 10.0 Å². The number of anilines is 1. The minimum Gasteiger partial charge on any atom is -0.363 e. The van der Waals surface area contributed by atoms with E-state index in [0.29, 0.717) is 11.6 Å². The number of aromatic nitrogens is 2. The van der Waals surface area contributed by atoms with E-state index in [-0.39, 0.29) is 0 Å². The lowest BCUT2D eigenvalue weighted by Gasteiger charge is -2.27. The summed E-state index contributed by atoms with van der Waals surface area (Å²) in [7, 11) is -1.01. The highest BCUT2D eigenvalue weighted by molar-refractivity contribution is 8.32.